The predicted molar refractivity (Wildman–Crippen MR) is 68.2 cm³/mol. The van der Waals surface area contributed by atoms with Crippen molar-refractivity contribution in [3.8, 4) is 0 Å². The van der Waals surface area contributed by atoms with E-state index in [1.807, 2.05) is 0 Å². The second-order valence-electron chi connectivity index (χ2n) is 4.35. The highest BCUT2D eigenvalue weighted by Crippen LogP contribution is 1.96. The molecule has 104 valence electrons. The summed E-state index contributed by atoms with van der Waals surface area (Å²) in [7, 11) is 1.65. The smallest absolute Gasteiger partial charge is 0.311 e. The normalized spacial score (nSPS) is 16.2. The first-order valence-electron chi connectivity index (χ1n) is 6.52. The number of methoxy groups -OCH3 is 1. The number of nitrogens with one attached hydrogen (secondary N) is 2. The summed E-state index contributed by atoms with van der Waals surface area (Å²) in [5, 5.41) is 5.85. The monoisotopic (exact) mass is 257 g/mol. The van der Waals surface area contributed by atoms with Crippen molar-refractivity contribution in [1.29, 1.82) is 0 Å². The quantitative estimate of drug-likeness (QED) is 0.507. The molecule has 1 saturated heterocycles. The highest BCUT2D eigenvalue weighted by Gasteiger charge is 2.21. The molecule has 0 bridgehead atoms. The van der Waals surface area contributed by atoms with Gasteiger partial charge in [0.15, 0.2) is 0 Å². The van der Waals surface area contributed by atoms with Crippen molar-refractivity contribution in [1.82, 2.24) is 15.5 Å². The Morgan fingerprint density at radius 3 is 2.89 bits per heavy atom. The molecule has 0 aromatic heterocycles. The summed E-state index contributed by atoms with van der Waals surface area (Å²) in [5.41, 5.74) is 0. The van der Waals surface area contributed by atoms with Crippen molar-refractivity contribution >= 4 is 11.8 Å². The lowest BCUT2D eigenvalue weighted by atomic mass is 10.3. The van der Waals surface area contributed by atoms with Crippen molar-refractivity contribution in [3.05, 3.63) is 0 Å². The molecule has 0 aliphatic carbocycles. The van der Waals surface area contributed by atoms with E-state index < -0.39 is 11.8 Å². The van der Waals surface area contributed by atoms with Gasteiger partial charge in [-0.1, -0.05) is 0 Å². The van der Waals surface area contributed by atoms with Gasteiger partial charge in [-0.05, 0) is 25.8 Å². The van der Waals surface area contributed by atoms with Crippen LogP contribution in [0.1, 0.15) is 19.3 Å². The molecule has 1 rings (SSSR count). The fourth-order valence-electron chi connectivity index (χ4n) is 1.84. The number of hydrogen-bond acceptors (Lipinski definition) is 4. The fraction of sp³-hybridized carbons (Fsp3) is 0.833. The standard InChI is InChI=1S/C12H23N3O3/c1-18-10-3-2-6-14-11(16)12(17)15-8-4-5-13-7-9-15/h13H,2-10H2,1H3,(H,14,16). The van der Waals surface area contributed by atoms with E-state index in [1.165, 1.54) is 0 Å². The third-order valence-corrected chi connectivity index (χ3v) is 2.88. The van der Waals surface area contributed by atoms with E-state index in [4.69, 9.17) is 4.74 Å². The molecule has 6 heteroatoms. The summed E-state index contributed by atoms with van der Waals surface area (Å²) in [5.74, 6) is -0.903. The lowest BCUT2D eigenvalue weighted by Crippen LogP contribution is -2.44. The van der Waals surface area contributed by atoms with Gasteiger partial charge >= 0.3 is 11.8 Å². The Labute approximate surface area is 108 Å². The average molecular weight is 257 g/mol. The van der Waals surface area contributed by atoms with Gasteiger partial charge in [-0.15, -0.1) is 0 Å². The number of hydrogen-bond donors (Lipinski definition) is 2. The number of nitrogens with zero attached hydrogens (tertiary/aromatic N) is 1. The summed E-state index contributed by atoms with van der Waals surface area (Å²) in [4.78, 5) is 25.1. The van der Waals surface area contributed by atoms with Crippen LogP contribution in [-0.4, -0.2) is 63.2 Å². The van der Waals surface area contributed by atoms with Gasteiger partial charge in [-0.25, -0.2) is 0 Å². The van der Waals surface area contributed by atoms with Crippen LogP contribution >= 0.6 is 0 Å². The Balaban J connectivity index is 2.20. The van der Waals surface area contributed by atoms with Gasteiger partial charge in [0.1, 0.15) is 0 Å². The molecule has 1 aliphatic heterocycles. The van der Waals surface area contributed by atoms with Crippen LogP contribution < -0.4 is 10.6 Å². The first kappa shape index (κ1) is 14.9. The largest absolute Gasteiger partial charge is 0.385 e. The van der Waals surface area contributed by atoms with Crippen LogP contribution in [0.4, 0.5) is 0 Å². The molecular weight excluding hydrogens is 234 g/mol. The third kappa shape index (κ3) is 5.46. The van der Waals surface area contributed by atoms with Crippen LogP contribution in [0, 0.1) is 0 Å². The summed E-state index contributed by atoms with van der Waals surface area (Å²) in [6.45, 7) is 4.13. The molecule has 18 heavy (non-hydrogen) atoms. The molecular formula is C12H23N3O3. The first-order chi connectivity index (χ1) is 8.75. The average Bonchev–Trinajstić information content (AvgIpc) is 2.66. The molecule has 1 aliphatic rings. The van der Waals surface area contributed by atoms with Crippen LogP contribution in [-0.2, 0) is 14.3 Å². The van der Waals surface area contributed by atoms with Gasteiger partial charge in [0, 0.05) is 39.9 Å². The van der Waals surface area contributed by atoms with E-state index in [0.29, 0.717) is 26.2 Å². The maximum atomic E-state index is 11.8. The van der Waals surface area contributed by atoms with E-state index in [-0.39, 0.29) is 0 Å². The molecule has 0 spiro atoms. The van der Waals surface area contributed by atoms with E-state index >= 15 is 0 Å². The minimum Gasteiger partial charge on any atom is -0.385 e. The number of carbonyl (C=O) groups is 2. The number of ether oxygens (including phenoxy) is 1. The molecule has 0 unspecified atom stereocenters. The number of unbranched alkanes of at least 4 members (excludes halogenated alkanes) is 1. The Morgan fingerprint density at radius 1 is 1.28 bits per heavy atom. The highest BCUT2D eigenvalue weighted by atomic mass is 16.5. The molecule has 6 nitrogen and oxygen atoms in total. The molecule has 2 amide bonds. The number of carbonyl (C=O) groups excluding carboxylic acids is 2. The lowest BCUT2D eigenvalue weighted by Gasteiger charge is -2.19. The molecule has 0 aromatic carbocycles. The van der Waals surface area contributed by atoms with Crippen LogP contribution in [0.5, 0.6) is 0 Å². The van der Waals surface area contributed by atoms with Crippen molar-refractivity contribution in [3.63, 3.8) is 0 Å². The van der Waals surface area contributed by atoms with Crippen LogP contribution in [0.2, 0.25) is 0 Å². The SMILES string of the molecule is COCCCCNC(=O)C(=O)N1CCCNCC1. The molecule has 2 N–H and O–H groups in total. The first-order valence-corrected chi connectivity index (χ1v) is 6.52. The number of rotatable bonds is 5. The molecule has 0 aromatic rings. The van der Waals surface area contributed by atoms with Crippen LogP contribution in [0.3, 0.4) is 0 Å². The van der Waals surface area contributed by atoms with Crippen molar-refractivity contribution in [2.24, 2.45) is 0 Å². The van der Waals surface area contributed by atoms with Gasteiger partial charge in [0.2, 0.25) is 0 Å². The van der Waals surface area contributed by atoms with Gasteiger partial charge < -0.3 is 20.3 Å². The molecule has 0 saturated carbocycles. The predicted octanol–water partition coefficient (Wildman–Crippen LogP) is -0.649. The fourth-order valence-corrected chi connectivity index (χ4v) is 1.84. The van der Waals surface area contributed by atoms with Crippen molar-refractivity contribution < 1.29 is 14.3 Å². The second kappa shape index (κ2) is 8.88. The molecule has 0 atom stereocenters. The molecule has 1 fully saturated rings. The summed E-state index contributed by atoms with van der Waals surface area (Å²) < 4.78 is 4.91. The van der Waals surface area contributed by atoms with Gasteiger partial charge in [0.25, 0.3) is 0 Å². The zero-order valence-corrected chi connectivity index (χ0v) is 11.0. The lowest BCUT2D eigenvalue weighted by molar-refractivity contribution is -0.145. The van der Waals surface area contributed by atoms with E-state index in [0.717, 1.165) is 32.4 Å². The number of amides is 2. The topological polar surface area (TPSA) is 70.7 Å². The zero-order valence-electron chi connectivity index (χ0n) is 11.0. The Bertz CT molecular complexity index is 263. The second-order valence-corrected chi connectivity index (χ2v) is 4.35. The molecule has 0 radical (unpaired) electrons. The van der Waals surface area contributed by atoms with E-state index in [1.54, 1.807) is 12.0 Å². The van der Waals surface area contributed by atoms with Gasteiger partial charge in [0.05, 0.1) is 0 Å². The maximum Gasteiger partial charge on any atom is 0.311 e. The van der Waals surface area contributed by atoms with Crippen molar-refractivity contribution in [2.75, 3.05) is 46.4 Å². The van der Waals surface area contributed by atoms with Gasteiger partial charge in [-0.2, -0.15) is 0 Å². The third-order valence-electron chi connectivity index (χ3n) is 2.88. The maximum absolute atomic E-state index is 11.8. The van der Waals surface area contributed by atoms with Crippen molar-refractivity contribution in [2.45, 2.75) is 19.3 Å². The highest BCUT2D eigenvalue weighted by molar-refractivity contribution is 6.35. The molecule has 1 heterocycles. The van der Waals surface area contributed by atoms with Crippen LogP contribution in [0.25, 0.3) is 0 Å². The van der Waals surface area contributed by atoms with Crippen LogP contribution in [0.15, 0.2) is 0 Å². The Kier molecular flexibility index (Phi) is 7.36. The Morgan fingerprint density at radius 2 is 2.11 bits per heavy atom. The minimum atomic E-state index is -0.491. The minimum absolute atomic E-state index is 0.412. The van der Waals surface area contributed by atoms with E-state index in [9.17, 15) is 9.59 Å². The van der Waals surface area contributed by atoms with E-state index in [2.05, 4.69) is 10.6 Å². The zero-order chi connectivity index (χ0) is 13.2. The van der Waals surface area contributed by atoms with Gasteiger partial charge in [-0.3, -0.25) is 9.59 Å². The summed E-state index contributed by atoms with van der Waals surface area (Å²) in [6, 6.07) is 0. The summed E-state index contributed by atoms with van der Waals surface area (Å²) in [6.07, 6.45) is 2.61. The summed E-state index contributed by atoms with van der Waals surface area (Å²) >= 11 is 0. The Hall–Kier alpha value is -1.14.